The average molecular weight is 278 g/mol. The van der Waals surface area contributed by atoms with Crippen LogP contribution >= 0.6 is 0 Å². The Balaban J connectivity index is 1.84. The molecule has 5 unspecified atom stereocenters. The zero-order chi connectivity index (χ0) is 14.4. The van der Waals surface area contributed by atoms with Crippen molar-refractivity contribution in [3.8, 4) is 0 Å². The summed E-state index contributed by atoms with van der Waals surface area (Å²) in [6.07, 6.45) is 5.22. The van der Waals surface area contributed by atoms with Gasteiger partial charge in [0.15, 0.2) is 0 Å². The molecule has 0 aromatic rings. The van der Waals surface area contributed by atoms with E-state index in [9.17, 15) is 9.59 Å². The first kappa shape index (κ1) is 13.9. The quantitative estimate of drug-likeness (QED) is 0.736. The van der Waals surface area contributed by atoms with Crippen LogP contribution in [0.3, 0.4) is 0 Å². The van der Waals surface area contributed by atoms with E-state index in [2.05, 4.69) is 13.8 Å². The Labute approximate surface area is 121 Å². The number of fused-ring (bicyclic) bond motifs is 1. The van der Waals surface area contributed by atoms with Gasteiger partial charge in [0.05, 0.1) is 0 Å². The molecule has 2 heterocycles. The maximum Gasteiger partial charge on any atom is 0.246 e. The Morgan fingerprint density at radius 3 is 2.45 bits per heavy atom. The highest BCUT2D eigenvalue weighted by molar-refractivity contribution is 5.97. The molecule has 0 aromatic carbocycles. The van der Waals surface area contributed by atoms with Crippen LogP contribution in [0.5, 0.6) is 0 Å². The third kappa shape index (κ3) is 2.04. The smallest absolute Gasteiger partial charge is 0.246 e. The van der Waals surface area contributed by atoms with Crippen molar-refractivity contribution < 1.29 is 9.59 Å². The van der Waals surface area contributed by atoms with Gasteiger partial charge < -0.3 is 9.80 Å². The molecule has 0 N–H and O–H groups in total. The maximum atomic E-state index is 12.8. The van der Waals surface area contributed by atoms with Gasteiger partial charge in [-0.15, -0.1) is 0 Å². The number of hydrogen-bond acceptors (Lipinski definition) is 2. The molecule has 112 valence electrons. The molecule has 1 aliphatic carbocycles. The van der Waals surface area contributed by atoms with Crippen LogP contribution in [0.15, 0.2) is 0 Å². The SMILES string of the molecule is CC1CCC(N2C(=O)C3CCCN3C(=O)C2C)C(C)C1. The largest absolute Gasteiger partial charge is 0.329 e. The summed E-state index contributed by atoms with van der Waals surface area (Å²) in [7, 11) is 0. The standard InChI is InChI=1S/C16H26N2O2/c1-10-6-7-13(11(2)9-10)18-12(3)15(19)17-8-4-5-14(17)16(18)20/h10-14H,4-9H2,1-3H3. The van der Waals surface area contributed by atoms with Crippen molar-refractivity contribution >= 4 is 11.8 Å². The molecule has 3 aliphatic rings. The van der Waals surface area contributed by atoms with Gasteiger partial charge in [0.2, 0.25) is 11.8 Å². The van der Waals surface area contributed by atoms with Gasteiger partial charge in [-0.2, -0.15) is 0 Å². The van der Waals surface area contributed by atoms with Crippen molar-refractivity contribution in [2.45, 2.75) is 71.0 Å². The fraction of sp³-hybridized carbons (Fsp3) is 0.875. The highest BCUT2D eigenvalue weighted by Gasteiger charge is 2.49. The number of rotatable bonds is 1. The topological polar surface area (TPSA) is 40.6 Å². The molecule has 0 spiro atoms. The molecular weight excluding hydrogens is 252 g/mol. The van der Waals surface area contributed by atoms with Gasteiger partial charge in [-0.1, -0.05) is 13.8 Å². The molecule has 0 aromatic heterocycles. The summed E-state index contributed by atoms with van der Waals surface area (Å²) in [5.74, 6) is 1.62. The minimum absolute atomic E-state index is 0.162. The number of nitrogens with zero attached hydrogens (tertiary/aromatic N) is 2. The summed E-state index contributed by atoms with van der Waals surface area (Å²) in [5.41, 5.74) is 0. The van der Waals surface area contributed by atoms with E-state index in [1.54, 1.807) is 0 Å². The molecule has 4 heteroatoms. The van der Waals surface area contributed by atoms with Crippen LogP contribution in [0.1, 0.15) is 52.9 Å². The number of carbonyl (C=O) groups is 2. The predicted octanol–water partition coefficient (Wildman–Crippen LogP) is 2.03. The molecule has 1 saturated carbocycles. The number of carbonyl (C=O) groups excluding carboxylic acids is 2. The second-order valence-electron chi connectivity index (χ2n) is 7.07. The molecule has 0 radical (unpaired) electrons. The van der Waals surface area contributed by atoms with Gasteiger partial charge in [-0.05, 0) is 50.9 Å². The molecule has 3 rings (SSSR count). The zero-order valence-corrected chi connectivity index (χ0v) is 12.8. The van der Waals surface area contributed by atoms with E-state index in [-0.39, 0.29) is 29.9 Å². The number of amides is 2. The molecule has 3 fully saturated rings. The lowest BCUT2D eigenvalue weighted by Crippen LogP contribution is -2.65. The average Bonchev–Trinajstić information content (AvgIpc) is 2.88. The summed E-state index contributed by atoms with van der Waals surface area (Å²) in [6, 6.07) is -0.164. The molecule has 4 nitrogen and oxygen atoms in total. The monoisotopic (exact) mass is 278 g/mol. The summed E-state index contributed by atoms with van der Waals surface area (Å²) in [5, 5.41) is 0. The third-order valence-corrected chi connectivity index (χ3v) is 5.59. The number of piperazine rings is 1. The van der Waals surface area contributed by atoms with Crippen molar-refractivity contribution in [3.05, 3.63) is 0 Å². The van der Waals surface area contributed by atoms with Crippen LogP contribution < -0.4 is 0 Å². The van der Waals surface area contributed by atoms with Crippen molar-refractivity contribution in [3.63, 3.8) is 0 Å². The first-order chi connectivity index (χ1) is 9.50. The lowest BCUT2D eigenvalue weighted by atomic mass is 9.78. The zero-order valence-electron chi connectivity index (χ0n) is 12.8. The normalized spacial score (nSPS) is 42.0. The van der Waals surface area contributed by atoms with E-state index in [1.807, 2.05) is 16.7 Å². The molecule has 0 bridgehead atoms. The lowest BCUT2D eigenvalue weighted by molar-refractivity contribution is -0.163. The van der Waals surface area contributed by atoms with Crippen LogP contribution in [0.25, 0.3) is 0 Å². The van der Waals surface area contributed by atoms with Crippen molar-refractivity contribution in [1.82, 2.24) is 9.80 Å². The second kappa shape index (κ2) is 5.05. The molecule has 20 heavy (non-hydrogen) atoms. The molecule has 2 saturated heterocycles. The highest BCUT2D eigenvalue weighted by Crippen LogP contribution is 2.36. The Kier molecular flexibility index (Phi) is 3.51. The van der Waals surface area contributed by atoms with Gasteiger partial charge in [0, 0.05) is 12.6 Å². The second-order valence-corrected chi connectivity index (χ2v) is 7.07. The van der Waals surface area contributed by atoms with E-state index < -0.39 is 0 Å². The lowest BCUT2D eigenvalue weighted by Gasteiger charge is -2.48. The molecular formula is C16H26N2O2. The molecule has 2 amide bonds. The predicted molar refractivity (Wildman–Crippen MR) is 77.0 cm³/mol. The molecule has 5 atom stereocenters. The third-order valence-electron chi connectivity index (χ3n) is 5.59. The first-order valence-electron chi connectivity index (χ1n) is 8.13. The van der Waals surface area contributed by atoms with E-state index >= 15 is 0 Å². The van der Waals surface area contributed by atoms with Crippen LogP contribution in [0, 0.1) is 11.8 Å². The van der Waals surface area contributed by atoms with Crippen LogP contribution in [-0.4, -0.2) is 46.3 Å². The van der Waals surface area contributed by atoms with Gasteiger partial charge in [0.1, 0.15) is 12.1 Å². The summed E-state index contributed by atoms with van der Waals surface area (Å²) in [6.45, 7) is 7.22. The van der Waals surface area contributed by atoms with Crippen molar-refractivity contribution in [1.29, 1.82) is 0 Å². The van der Waals surface area contributed by atoms with Gasteiger partial charge >= 0.3 is 0 Å². The number of hydrogen-bond donors (Lipinski definition) is 0. The summed E-state index contributed by atoms with van der Waals surface area (Å²) >= 11 is 0. The van der Waals surface area contributed by atoms with Gasteiger partial charge in [0.25, 0.3) is 0 Å². The fourth-order valence-electron chi connectivity index (χ4n) is 4.52. The minimum Gasteiger partial charge on any atom is -0.329 e. The first-order valence-corrected chi connectivity index (χ1v) is 8.13. The minimum atomic E-state index is -0.266. The van der Waals surface area contributed by atoms with Crippen molar-refractivity contribution in [2.75, 3.05) is 6.54 Å². The van der Waals surface area contributed by atoms with Crippen LogP contribution in [-0.2, 0) is 9.59 Å². The summed E-state index contributed by atoms with van der Waals surface area (Å²) < 4.78 is 0. The maximum absolute atomic E-state index is 12.8. The summed E-state index contributed by atoms with van der Waals surface area (Å²) in [4.78, 5) is 29.1. The Morgan fingerprint density at radius 1 is 1.00 bits per heavy atom. The van der Waals surface area contributed by atoms with Crippen LogP contribution in [0.4, 0.5) is 0 Å². The van der Waals surface area contributed by atoms with E-state index in [1.165, 1.54) is 12.8 Å². The Morgan fingerprint density at radius 2 is 1.75 bits per heavy atom. The Bertz CT molecular complexity index is 423. The van der Waals surface area contributed by atoms with E-state index in [0.717, 1.165) is 31.7 Å². The van der Waals surface area contributed by atoms with Gasteiger partial charge in [-0.25, -0.2) is 0 Å². The molecule has 2 aliphatic heterocycles. The Hall–Kier alpha value is -1.06. The van der Waals surface area contributed by atoms with Crippen LogP contribution in [0.2, 0.25) is 0 Å². The highest BCUT2D eigenvalue weighted by atomic mass is 16.2. The van der Waals surface area contributed by atoms with Gasteiger partial charge in [-0.3, -0.25) is 9.59 Å². The van der Waals surface area contributed by atoms with E-state index in [0.29, 0.717) is 5.92 Å². The fourth-order valence-corrected chi connectivity index (χ4v) is 4.52. The van der Waals surface area contributed by atoms with Crippen molar-refractivity contribution in [2.24, 2.45) is 11.8 Å². The van der Waals surface area contributed by atoms with E-state index in [4.69, 9.17) is 0 Å².